The van der Waals surface area contributed by atoms with Gasteiger partial charge in [0.15, 0.2) is 0 Å². The smallest absolute Gasteiger partial charge is 0.124 e. The van der Waals surface area contributed by atoms with Crippen LogP contribution >= 0.6 is 15.9 Å². The molecule has 116 valence electrons. The van der Waals surface area contributed by atoms with Crippen LogP contribution in [0.4, 0.5) is 0 Å². The van der Waals surface area contributed by atoms with Crippen LogP contribution in [0.5, 0.6) is 5.75 Å². The number of phenolic OH excluding ortho intramolecular Hbond substituents is 1. The molecule has 1 aliphatic rings. The first-order valence-electron chi connectivity index (χ1n) is 7.37. The van der Waals surface area contributed by atoms with E-state index in [9.17, 15) is 5.11 Å². The van der Waals surface area contributed by atoms with Crippen LogP contribution in [0.15, 0.2) is 27.7 Å². The number of benzene rings is 1. The third kappa shape index (κ3) is 2.88. The number of hydrogen-bond acceptors (Lipinski definition) is 3. The van der Waals surface area contributed by atoms with Crippen LogP contribution in [0.2, 0.25) is 0 Å². The Bertz CT molecular complexity index is 554. The van der Waals surface area contributed by atoms with Crippen molar-refractivity contribution in [3.8, 4) is 5.75 Å². The molecule has 0 heterocycles. The van der Waals surface area contributed by atoms with Crippen molar-refractivity contribution in [3.63, 3.8) is 0 Å². The lowest BCUT2D eigenvalue weighted by atomic mass is 9.73. The molecule has 0 unspecified atom stereocenters. The van der Waals surface area contributed by atoms with E-state index in [4.69, 9.17) is 4.99 Å². The van der Waals surface area contributed by atoms with Gasteiger partial charge in [0, 0.05) is 27.2 Å². The van der Waals surface area contributed by atoms with Crippen molar-refractivity contribution >= 4 is 22.1 Å². The van der Waals surface area contributed by atoms with Crippen molar-refractivity contribution in [3.05, 3.63) is 28.2 Å². The molecule has 1 aromatic rings. The standard InChI is InChI=1S/C17H25BrN2O/c1-16(2)15(8-9-17(16,3)20(4)5)19-11-12-10-13(18)6-7-14(12)21/h6-7,10-11,15,21H,8-9H2,1-5H3/t15-,17-/m0/s1. The monoisotopic (exact) mass is 352 g/mol. The summed E-state index contributed by atoms with van der Waals surface area (Å²) in [5.74, 6) is 0.271. The van der Waals surface area contributed by atoms with E-state index >= 15 is 0 Å². The number of nitrogens with zero attached hydrogens (tertiary/aromatic N) is 2. The summed E-state index contributed by atoms with van der Waals surface area (Å²) < 4.78 is 0.950. The van der Waals surface area contributed by atoms with E-state index in [0.717, 1.165) is 22.9 Å². The first-order valence-corrected chi connectivity index (χ1v) is 8.17. The number of aliphatic imine (C=N–C) groups is 1. The van der Waals surface area contributed by atoms with Crippen molar-refractivity contribution in [1.82, 2.24) is 4.90 Å². The van der Waals surface area contributed by atoms with Crippen LogP contribution in [-0.4, -0.2) is 41.9 Å². The Morgan fingerprint density at radius 1 is 1.33 bits per heavy atom. The van der Waals surface area contributed by atoms with Gasteiger partial charge in [0.2, 0.25) is 0 Å². The van der Waals surface area contributed by atoms with Crippen LogP contribution in [-0.2, 0) is 0 Å². The SMILES string of the molecule is CN(C)[C@@]1(C)CC[C@H](N=Cc2cc(Br)ccc2O)C1(C)C. The Labute approximate surface area is 136 Å². The predicted octanol–water partition coefficient (Wildman–Crippen LogP) is 4.08. The summed E-state index contributed by atoms with van der Waals surface area (Å²) >= 11 is 3.43. The summed E-state index contributed by atoms with van der Waals surface area (Å²) in [5.41, 5.74) is 1.00. The summed E-state index contributed by atoms with van der Waals surface area (Å²) in [6.07, 6.45) is 4.03. The molecule has 0 amide bonds. The third-order valence-corrected chi connectivity index (χ3v) is 5.99. The van der Waals surface area contributed by atoms with Crippen LogP contribution < -0.4 is 0 Å². The Morgan fingerprint density at radius 2 is 2.00 bits per heavy atom. The fourth-order valence-electron chi connectivity index (χ4n) is 3.32. The highest BCUT2D eigenvalue weighted by atomic mass is 79.9. The summed E-state index contributed by atoms with van der Waals surface area (Å²) in [5, 5.41) is 9.91. The van der Waals surface area contributed by atoms with Crippen LogP contribution in [0.3, 0.4) is 0 Å². The normalized spacial score (nSPS) is 28.6. The average Bonchev–Trinajstić information content (AvgIpc) is 2.63. The molecule has 1 fully saturated rings. The van der Waals surface area contributed by atoms with E-state index in [1.807, 2.05) is 18.3 Å². The second kappa shape index (κ2) is 5.73. The van der Waals surface area contributed by atoms with Gasteiger partial charge in [-0.1, -0.05) is 29.8 Å². The largest absolute Gasteiger partial charge is 0.507 e. The molecule has 1 aliphatic carbocycles. The molecule has 1 aromatic carbocycles. The molecule has 2 rings (SSSR count). The summed E-state index contributed by atoms with van der Waals surface area (Å²) in [6, 6.07) is 5.68. The Morgan fingerprint density at radius 3 is 2.57 bits per heavy atom. The highest BCUT2D eigenvalue weighted by Gasteiger charge is 2.52. The Hall–Kier alpha value is -0.870. The molecular weight excluding hydrogens is 328 g/mol. The molecule has 0 radical (unpaired) electrons. The molecule has 21 heavy (non-hydrogen) atoms. The lowest BCUT2D eigenvalue weighted by molar-refractivity contribution is 0.0568. The van der Waals surface area contributed by atoms with Crippen LogP contribution in [0, 0.1) is 5.41 Å². The van der Waals surface area contributed by atoms with Gasteiger partial charge < -0.3 is 10.0 Å². The minimum absolute atomic E-state index is 0.0919. The Balaban J connectivity index is 2.25. The maximum atomic E-state index is 9.91. The molecule has 1 saturated carbocycles. The molecule has 0 aromatic heterocycles. The molecular formula is C17H25BrN2O. The third-order valence-electron chi connectivity index (χ3n) is 5.50. The number of hydrogen-bond donors (Lipinski definition) is 1. The predicted molar refractivity (Wildman–Crippen MR) is 92.3 cm³/mol. The van der Waals surface area contributed by atoms with Crippen LogP contribution in [0.25, 0.3) is 0 Å². The molecule has 3 nitrogen and oxygen atoms in total. The number of halogens is 1. The number of phenols is 1. The lowest BCUT2D eigenvalue weighted by Crippen LogP contribution is -2.52. The van der Waals surface area contributed by atoms with Crippen molar-refractivity contribution in [2.45, 2.75) is 45.2 Å². The minimum atomic E-state index is 0.0919. The summed E-state index contributed by atoms with van der Waals surface area (Å²) in [7, 11) is 4.29. The quantitative estimate of drug-likeness (QED) is 0.831. The molecule has 0 bridgehead atoms. The van der Waals surface area contributed by atoms with E-state index in [2.05, 4.69) is 55.7 Å². The maximum Gasteiger partial charge on any atom is 0.124 e. The van der Waals surface area contributed by atoms with Gasteiger partial charge in [0.05, 0.1) is 6.04 Å². The zero-order valence-corrected chi connectivity index (χ0v) is 15.1. The first kappa shape index (κ1) is 16.5. The zero-order valence-electron chi connectivity index (χ0n) is 13.5. The highest BCUT2D eigenvalue weighted by Crippen LogP contribution is 2.50. The Kier molecular flexibility index (Phi) is 4.50. The van der Waals surface area contributed by atoms with E-state index in [0.29, 0.717) is 0 Å². The van der Waals surface area contributed by atoms with E-state index in [1.165, 1.54) is 0 Å². The average molecular weight is 353 g/mol. The second-order valence-corrected chi connectivity index (χ2v) is 7.84. The van der Waals surface area contributed by atoms with Gasteiger partial charge in [-0.3, -0.25) is 4.99 Å². The van der Waals surface area contributed by atoms with Gasteiger partial charge in [-0.05, 0) is 52.1 Å². The van der Waals surface area contributed by atoms with E-state index < -0.39 is 0 Å². The lowest BCUT2D eigenvalue weighted by Gasteiger charge is -2.45. The van der Waals surface area contributed by atoms with E-state index in [-0.39, 0.29) is 22.7 Å². The van der Waals surface area contributed by atoms with Crippen molar-refractivity contribution < 1.29 is 5.11 Å². The summed E-state index contributed by atoms with van der Waals surface area (Å²) in [4.78, 5) is 7.11. The topological polar surface area (TPSA) is 35.8 Å². The second-order valence-electron chi connectivity index (χ2n) is 6.93. The minimum Gasteiger partial charge on any atom is -0.507 e. The molecule has 4 heteroatoms. The molecule has 0 aliphatic heterocycles. The fourth-order valence-corrected chi connectivity index (χ4v) is 3.70. The number of aromatic hydroxyl groups is 1. The van der Waals surface area contributed by atoms with Gasteiger partial charge in [0.1, 0.15) is 5.75 Å². The van der Waals surface area contributed by atoms with Crippen molar-refractivity contribution in [2.24, 2.45) is 10.4 Å². The highest BCUT2D eigenvalue weighted by molar-refractivity contribution is 9.10. The van der Waals surface area contributed by atoms with Gasteiger partial charge in [-0.2, -0.15) is 0 Å². The fraction of sp³-hybridized carbons (Fsp3) is 0.588. The maximum absolute atomic E-state index is 9.91. The number of rotatable bonds is 3. The summed E-state index contributed by atoms with van der Waals surface area (Å²) in [6.45, 7) is 6.91. The van der Waals surface area contributed by atoms with Gasteiger partial charge >= 0.3 is 0 Å². The zero-order chi connectivity index (χ0) is 15.8. The molecule has 2 atom stereocenters. The van der Waals surface area contributed by atoms with Gasteiger partial charge in [-0.25, -0.2) is 0 Å². The van der Waals surface area contributed by atoms with Gasteiger partial charge in [0.25, 0.3) is 0 Å². The molecule has 0 saturated heterocycles. The van der Waals surface area contributed by atoms with Crippen molar-refractivity contribution in [1.29, 1.82) is 0 Å². The van der Waals surface area contributed by atoms with Crippen molar-refractivity contribution in [2.75, 3.05) is 14.1 Å². The molecule has 0 spiro atoms. The van der Waals surface area contributed by atoms with Crippen LogP contribution in [0.1, 0.15) is 39.2 Å². The molecule has 1 N–H and O–H groups in total. The first-order chi connectivity index (χ1) is 9.68. The van der Waals surface area contributed by atoms with E-state index in [1.54, 1.807) is 6.07 Å². The van der Waals surface area contributed by atoms with Gasteiger partial charge in [-0.15, -0.1) is 0 Å².